The van der Waals surface area contributed by atoms with Crippen LogP contribution in [0.5, 0.6) is 0 Å². The summed E-state index contributed by atoms with van der Waals surface area (Å²) >= 11 is 0. The van der Waals surface area contributed by atoms with Gasteiger partial charge in [0.25, 0.3) is 0 Å². The molecule has 1 saturated heterocycles. The zero-order valence-corrected chi connectivity index (χ0v) is 10.2. The fourth-order valence-electron chi connectivity index (χ4n) is 2.63. The number of carbonyl (C=O) groups excluding carboxylic acids is 1. The largest absolute Gasteiger partial charge is 0.334 e. The molecule has 86 valence electrons. The van der Waals surface area contributed by atoms with Gasteiger partial charge in [-0.1, -0.05) is 37.3 Å². The van der Waals surface area contributed by atoms with Gasteiger partial charge in [0, 0.05) is 6.54 Å². The van der Waals surface area contributed by atoms with Gasteiger partial charge >= 0.3 is 0 Å². The molecule has 2 heteroatoms. The summed E-state index contributed by atoms with van der Waals surface area (Å²) in [5.74, 6) is 0.281. The van der Waals surface area contributed by atoms with Gasteiger partial charge in [-0.3, -0.25) is 4.79 Å². The minimum atomic E-state index is -0.240. The third kappa shape index (κ3) is 1.53. The average molecular weight is 217 g/mol. The molecule has 1 atom stereocenters. The van der Waals surface area contributed by atoms with Crippen LogP contribution in [0.25, 0.3) is 0 Å². The highest BCUT2D eigenvalue weighted by Crippen LogP contribution is 2.49. The highest BCUT2D eigenvalue weighted by Gasteiger charge is 2.53. The molecular formula is C14H19NO. The molecule has 1 amide bonds. The molecule has 1 aromatic carbocycles. The molecule has 2 nitrogen and oxygen atoms in total. The molecule has 1 aliphatic rings. The number of β-lactam (4-membered cyclic amide) rings is 1. The van der Waals surface area contributed by atoms with Gasteiger partial charge in [-0.25, -0.2) is 0 Å². The Labute approximate surface area is 97.3 Å². The number of hydrogen-bond donors (Lipinski definition) is 0. The normalized spacial score (nSPS) is 23.1. The first kappa shape index (κ1) is 11.2. The molecular weight excluding hydrogens is 198 g/mol. The molecule has 0 spiro atoms. The maximum atomic E-state index is 12.0. The molecule has 1 heterocycles. The zero-order valence-electron chi connectivity index (χ0n) is 10.2. The van der Waals surface area contributed by atoms with Gasteiger partial charge in [0.2, 0.25) is 5.91 Å². The lowest BCUT2D eigenvalue weighted by Crippen LogP contribution is -2.60. The van der Waals surface area contributed by atoms with Crippen LogP contribution in [0, 0.1) is 5.41 Å². The van der Waals surface area contributed by atoms with Crippen LogP contribution in [0.3, 0.4) is 0 Å². The van der Waals surface area contributed by atoms with E-state index in [2.05, 4.69) is 19.1 Å². The van der Waals surface area contributed by atoms with E-state index in [1.54, 1.807) is 0 Å². The van der Waals surface area contributed by atoms with Crippen molar-refractivity contribution in [1.29, 1.82) is 0 Å². The summed E-state index contributed by atoms with van der Waals surface area (Å²) in [5, 5.41) is 0. The molecule has 0 aromatic heterocycles. The van der Waals surface area contributed by atoms with Crippen LogP contribution in [0.4, 0.5) is 0 Å². The number of amides is 1. The lowest BCUT2D eigenvalue weighted by Gasteiger charge is -2.53. The molecule has 0 aliphatic carbocycles. The van der Waals surface area contributed by atoms with Gasteiger partial charge in [0.1, 0.15) is 0 Å². The van der Waals surface area contributed by atoms with E-state index in [0.717, 1.165) is 13.0 Å². The summed E-state index contributed by atoms with van der Waals surface area (Å²) in [6.07, 6.45) is 1.02. The first-order chi connectivity index (χ1) is 7.59. The average Bonchev–Trinajstić information content (AvgIpc) is 2.29. The first-order valence-corrected chi connectivity index (χ1v) is 5.95. The maximum absolute atomic E-state index is 12.0. The van der Waals surface area contributed by atoms with Gasteiger partial charge in [-0.05, 0) is 25.8 Å². The lowest BCUT2D eigenvalue weighted by atomic mass is 9.70. The van der Waals surface area contributed by atoms with Crippen molar-refractivity contribution in [3.8, 4) is 0 Å². The third-order valence-electron chi connectivity index (χ3n) is 3.39. The monoisotopic (exact) mass is 217 g/mol. The van der Waals surface area contributed by atoms with Gasteiger partial charge in [-0.15, -0.1) is 0 Å². The van der Waals surface area contributed by atoms with Crippen molar-refractivity contribution < 1.29 is 4.79 Å². The van der Waals surface area contributed by atoms with E-state index in [0.29, 0.717) is 0 Å². The van der Waals surface area contributed by atoms with Crippen LogP contribution in [-0.2, 0) is 4.79 Å². The minimum absolute atomic E-state index is 0.240. The molecule has 0 N–H and O–H groups in total. The minimum Gasteiger partial charge on any atom is -0.334 e. The van der Waals surface area contributed by atoms with Crippen LogP contribution in [0.2, 0.25) is 0 Å². The first-order valence-electron chi connectivity index (χ1n) is 5.95. The Hall–Kier alpha value is -1.31. The van der Waals surface area contributed by atoms with Crippen molar-refractivity contribution in [3.63, 3.8) is 0 Å². The standard InChI is InChI=1S/C14H19NO/c1-4-10-15-12(14(2,3)13(15)16)11-8-6-5-7-9-11/h5-9,12H,4,10H2,1-3H3. The fraction of sp³-hybridized carbons (Fsp3) is 0.500. The Kier molecular flexibility index (Phi) is 2.75. The summed E-state index contributed by atoms with van der Waals surface area (Å²) in [7, 11) is 0. The van der Waals surface area contributed by atoms with Crippen molar-refractivity contribution >= 4 is 5.91 Å². The summed E-state index contributed by atoms with van der Waals surface area (Å²) in [5.41, 5.74) is 1.01. The van der Waals surface area contributed by atoms with E-state index in [-0.39, 0.29) is 17.4 Å². The van der Waals surface area contributed by atoms with E-state index in [4.69, 9.17) is 0 Å². The predicted molar refractivity (Wildman–Crippen MR) is 65.0 cm³/mol. The molecule has 1 fully saturated rings. The van der Waals surface area contributed by atoms with E-state index in [1.165, 1.54) is 5.56 Å². The van der Waals surface area contributed by atoms with Crippen LogP contribution < -0.4 is 0 Å². The smallest absolute Gasteiger partial charge is 0.231 e. The molecule has 0 saturated carbocycles. The summed E-state index contributed by atoms with van der Waals surface area (Å²) < 4.78 is 0. The van der Waals surface area contributed by atoms with Crippen LogP contribution in [0.1, 0.15) is 38.8 Å². The molecule has 1 aliphatic heterocycles. The lowest BCUT2D eigenvalue weighted by molar-refractivity contribution is -0.168. The topological polar surface area (TPSA) is 20.3 Å². The van der Waals surface area contributed by atoms with E-state index >= 15 is 0 Å². The highest BCUT2D eigenvalue weighted by molar-refractivity contribution is 5.89. The van der Waals surface area contributed by atoms with Crippen LogP contribution in [0.15, 0.2) is 30.3 Å². The number of benzene rings is 1. The quantitative estimate of drug-likeness (QED) is 0.713. The van der Waals surface area contributed by atoms with Crippen molar-refractivity contribution in [2.75, 3.05) is 6.54 Å². The Morgan fingerprint density at radius 1 is 1.25 bits per heavy atom. The molecule has 16 heavy (non-hydrogen) atoms. The number of rotatable bonds is 3. The zero-order chi connectivity index (χ0) is 11.8. The van der Waals surface area contributed by atoms with Gasteiger partial charge in [0.15, 0.2) is 0 Å². The van der Waals surface area contributed by atoms with Crippen molar-refractivity contribution in [1.82, 2.24) is 4.90 Å². The molecule has 0 bridgehead atoms. The van der Waals surface area contributed by atoms with Crippen LogP contribution >= 0.6 is 0 Å². The molecule has 0 radical (unpaired) electrons. The predicted octanol–water partition coefficient (Wildman–Crippen LogP) is 3.01. The Morgan fingerprint density at radius 3 is 2.44 bits per heavy atom. The Balaban J connectivity index is 2.28. The molecule has 1 aromatic rings. The van der Waals surface area contributed by atoms with Gasteiger partial charge in [-0.2, -0.15) is 0 Å². The third-order valence-corrected chi connectivity index (χ3v) is 3.39. The second kappa shape index (κ2) is 3.93. The Morgan fingerprint density at radius 2 is 1.88 bits per heavy atom. The van der Waals surface area contributed by atoms with Crippen molar-refractivity contribution in [3.05, 3.63) is 35.9 Å². The highest BCUT2D eigenvalue weighted by atomic mass is 16.2. The van der Waals surface area contributed by atoms with E-state index in [9.17, 15) is 4.79 Å². The summed E-state index contributed by atoms with van der Waals surface area (Å²) in [6.45, 7) is 7.06. The van der Waals surface area contributed by atoms with Crippen LogP contribution in [-0.4, -0.2) is 17.4 Å². The molecule has 1 unspecified atom stereocenters. The van der Waals surface area contributed by atoms with Crippen molar-refractivity contribution in [2.24, 2.45) is 5.41 Å². The fourth-order valence-corrected chi connectivity index (χ4v) is 2.63. The maximum Gasteiger partial charge on any atom is 0.231 e. The molecule has 2 rings (SSSR count). The van der Waals surface area contributed by atoms with Gasteiger partial charge in [0.05, 0.1) is 11.5 Å². The number of nitrogens with zero attached hydrogens (tertiary/aromatic N) is 1. The number of likely N-dealkylation sites (tertiary alicyclic amines) is 1. The SMILES string of the molecule is CCCN1C(=O)C(C)(C)C1c1ccccc1. The van der Waals surface area contributed by atoms with E-state index in [1.807, 2.05) is 36.9 Å². The number of carbonyl (C=O) groups is 1. The number of hydrogen-bond acceptors (Lipinski definition) is 1. The second-order valence-electron chi connectivity index (χ2n) is 5.03. The van der Waals surface area contributed by atoms with E-state index < -0.39 is 0 Å². The Bertz CT molecular complexity index is 383. The van der Waals surface area contributed by atoms with Crippen molar-refractivity contribution in [2.45, 2.75) is 33.2 Å². The second-order valence-corrected chi connectivity index (χ2v) is 5.03. The van der Waals surface area contributed by atoms with Gasteiger partial charge < -0.3 is 4.90 Å². The summed E-state index contributed by atoms with van der Waals surface area (Å²) in [6, 6.07) is 10.6. The summed E-state index contributed by atoms with van der Waals surface area (Å²) in [4.78, 5) is 14.0.